The fraction of sp³-hybridized carbons (Fsp3) is 0.444. The van der Waals surface area contributed by atoms with Crippen molar-refractivity contribution in [1.82, 2.24) is 10.2 Å². The molecule has 0 unspecified atom stereocenters. The molecule has 7 nitrogen and oxygen atoms in total. The first kappa shape index (κ1) is 32.2. The Kier molecular flexibility index (Phi) is 13.6. The van der Waals surface area contributed by atoms with E-state index in [2.05, 4.69) is 15.5 Å². The zero-order chi connectivity index (χ0) is 30.1. The molecule has 0 aromatic heterocycles. The van der Waals surface area contributed by atoms with Crippen molar-refractivity contribution in [2.24, 2.45) is 0 Å². The zero-order valence-corrected chi connectivity index (χ0v) is 25.3. The van der Waals surface area contributed by atoms with Gasteiger partial charge in [0.05, 0.1) is 12.2 Å². The van der Waals surface area contributed by atoms with Gasteiger partial charge >= 0.3 is 6.09 Å². The smallest absolute Gasteiger partial charge is 0.411 e. The monoisotopic (exact) mass is 585 g/mol. The number of hydrogen-bond acceptors (Lipinski definition) is 6. The molecule has 3 N–H and O–H groups in total. The Bertz CT molecular complexity index is 1260. The van der Waals surface area contributed by atoms with Crippen molar-refractivity contribution in [3.63, 3.8) is 0 Å². The molecule has 0 bridgehead atoms. The van der Waals surface area contributed by atoms with Crippen molar-refractivity contribution in [3.8, 4) is 16.9 Å². The number of anilines is 1. The number of nitrogens with one attached hydrogen (secondary N) is 2. The summed E-state index contributed by atoms with van der Waals surface area (Å²) in [6.45, 7) is 4.32. The van der Waals surface area contributed by atoms with Gasteiger partial charge in [-0.1, -0.05) is 92.8 Å². The van der Waals surface area contributed by atoms with Crippen molar-refractivity contribution >= 4 is 17.6 Å². The number of carbonyl (C=O) groups excluding carboxylic acids is 2. The van der Waals surface area contributed by atoms with Crippen LogP contribution in [0.4, 0.5) is 10.5 Å². The number of aromatic hydroxyl groups is 1. The van der Waals surface area contributed by atoms with Crippen molar-refractivity contribution in [2.45, 2.75) is 70.3 Å². The number of ketones is 1. The molecule has 4 rings (SSSR count). The van der Waals surface area contributed by atoms with Gasteiger partial charge in [-0.05, 0) is 68.1 Å². The number of Topliss-reactive ketones (excluding diaryl/α,β-unsaturated/α-hetero) is 1. The second kappa shape index (κ2) is 18.1. The minimum Gasteiger partial charge on any atom is -0.508 e. The Morgan fingerprint density at radius 1 is 0.814 bits per heavy atom. The van der Waals surface area contributed by atoms with Crippen molar-refractivity contribution in [1.29, 1.82) is 0 Å². The molecular formula is C36H47N3O4. The van der Waals surface area contributed by atoms with Crippen LogP contribution in [0.3, 0.4) is 0 Å². The van der Waals surface area contributed by atoms with Crippen molar-refractivity contribution in [3.05, 3.63) is 84.4 Å². The summed E-state index contributed by atoms with van der Waals surface area (Å²) < 4.78 is 5.77. The first-order chi connectivity index (χ1) is 21.1. The number of para-hydroxylation sites is 1. The van der Waals surface area contributed by atoms with Crippen LogP contribution < -0.4 is 10.6 Å². The van der Waals surface area contributed by atoms with E-state index in [1.54, 1.807) is 18.2 Å². The van der Waals surface area contributed by atoms with Crippen LogP contribution in [0.2, 0.25) is 0 Å². The van der Waals surface area contributed by atoms with E-state index in [0.717, 1.165) is 67.8 Å². The highest BCUT2D eigenvalue weighted by molar-refractivity contribution is 5.91. The van der Waals surface area contributed by atoms with Gasteiger partial charge in [0.1, 0.15) is 11.9 Å². The van der Waals surface area contributed by atoms with Crippen LogP contribution in [0.1, 0.15) is 63.4 Å². The van der Waals surface area contributed by atoms with Gasteiger partial charge in [0.2, 0.25) is 0 Å². The van der Waals surface area contributed by atoms with Gasteiger partial charge in [0.15, 0.2) is 5.78 Å². The number of rotatable bonds is 17. The first-order valence-corrected chi connectivity index (χ1v) is 15.9. The van der Waals surface area contributed by atoms with Gasteiger partial charge in [-0.25, -0.2) is 4.79 Å². The third-order valence-corrected chi connectivity index (χ3v) is 8.02. The molecule has 1 aliphatic rings. The molecule has 0 spiro atoms. The topological polar surface area (TPSA) is 90.9 Å². The third kappa shape index (κ3) is 11.8. The van der Waals surface area contributed by atoms with Gasteiger partial charge in [-0.3, -0.25) is 10.1 Å². The quantitative estimate of drug-likeness (QED) is 0.145. The molecule has 0 radical (unpaired) electrons. The van der Waals surface area contributed by atoms with Gasteiger partial charge < -0.3 is 20.1 Å². The molecule has 3 aromatic carbocycles. The van der Waals surface area contributed by atoms with E-state index < -0.39 is 0 Å². The number of piperidine rings is 1. The molecule has 43 heavy (non-hydrogen) atoms. The summed E-state index contributed by atoms with van der Waals surface area (Å²) in [5.41, 5.74) is 3.67. The average molecular weight is 586 g/mol. The molecule has 1 saturated heterocycles. The Hall–Kier alpha value is -3.68. The van der Waals surface area contributed by atoms with Gasteiger partial charge in [-0.2, -0.15) is 0 Å². The molecule has 1 heterocycles. The van der Waals surface area contributed by atoms with E-state index in [-0.39, 0.29) is 23.7 Å². The highest BCUT2D eigenvalue weighted by Gasteiger charge is 2.22. The normalized spacial score (nSPS) is 14.0. The number of likely N-dealkylation sites (tertiary alicyclic amines) is 1. The van der Waals surface area contributed by atoms with E-state index in [1.807, 2.05) is 60.7 Å². The van der Waals surface area contributed by atoms with Gasteiger partial charge in [0.25, 0.3) is 0 Å². The standard InChI is InChI=1S/C36H47N3O4/c40-31-17-13-14-29(26-31)27-32(41)28-37-22-11-4-2-1-3-5-12-23-39-24-20-33(21-25-39)43-36(42)38-35-19-10-9-18-34(35)30-15-7-6-8-16-30/h6-10,13-19,26,33,37,40H,1-5,11-12,20-25,27-28H2,(H,38,42). The molecule has 230 valence electrons. The maximum absolute atomic E-state index is 12.6. The lowest BCUT2D eigenvalue weighted by molar-refractivity contribution is -0.117. The number of benzene rings is 3. The van der Waals surface area contributed by atoms with Crippen LogP contribution in [0, 0.1) is 0 Å². The minimum atomic E-state index is -0.379. The number of ether oxygens (including phenoxy) is 1. The lowest BCUT2D eigenvalue weighted by Crippen LogP contribution is -2.38. The SMILES string of the molecule is O=C(CNCCCCCCCCCN1CCC(OC(=O)Nc2ccccc2-c2ccccc2)CC1)Cc1cccc(O)c1. The summed E-state index contributed by atoms with van der Waals surface area (Å²) in [5.74, 6) is 0.349. The molecule has 0 aliphatic carbocycles. The second-order valence-electron chi connectivity index (χ2n) is 11.5. The van der Waals surface area contributed by atoms with E-state index in [4.69, 9.17) is 4.74 Å². The number of nitrogens with zero attached hydrogens (tertiary/aromatic N) is 1. The molecule has 1 aliphatic heterocycles. The number of amides is 1. The lowest BCUT2D eigenvalue weighted by Gasteiger charge is -2.31. The summed E-state index contributed by atoms with van der Waals surface area (Å²) in [4.78, 5) is 27.2. The third-order valence-electron chi connectivity index (χ3n) is 8.02. The fourth-order valence-electron chi connectivity index (χ4n) is 5.66. The van der Waals surface area contributed by atoms with Crippen LogP contribution in [-0.4, -0.2) is 60.7 Å². The van der Waals surface area contributed by atoms with Crippen LogP contribution in [0.15, 0.2) is 78.9 Å². The molecule has 3 aromatic rings. The fourth-order valence-corrected chi connectivity index (χ4v) is 5.66. The molecule has 1 fully saturated rings. The Balaban J connectivity index is 0.975. The number of phenolic OH excluding ortho intramolecular Hbond substituents is 1. The largest absolute Gasteiger partial charge is 0.508 e. The number of carbonyl (C=O) groups is 2. The zero-order valence-electron chi connectivity index (χ0n) is 25.3. The van der Waals surface area contributed by atoms with Crippen molar-refractivity contribution in [2.75, 3.05) is 38.0 Å². The number of unbranched alkanes of at least 4 members (excludes halogenated alkanes) is 6. The Labute approximate surface area is 256 Å². The Morgan fingerprint density at radius 2 is 1.51 bits per heavy atom. The lowest BCUT2D eigenvalue weighted by atomic mass is 10.0. The average Bonchev–Trinajstić information content (AvgIpc) is 3.01. The summed E-state index contributed by atoms with van der Waals surface area (Å²) in [5, 5.41) is 15.7. The molecule has 1 amide bonds. The van der Waals surface area contributed by atoms with Gasteiger partial charge in [0, 0.05) is 25.1 Å². The van der Waals surface area contributed by atoms with Crippen LogP contribution in [0.25, 0.3) is 11.1 Å². The van der Waals surface area contributed by atoms with Gasteiger partial charge in [-0.15, -0.1) is 0 Å². The van der Waals surface area contributed by atoms with Crippen molar-refractivity contribution < 1.29 is 19.4 Å². The van der Waals surface area contributed by atoms with E-state index >= 15 is 0 Å². The van der Waals surface area contributed by atoms with E-state index in [0.29, 0.717) is 13.0 Å². The second-order valence-corrected chi connectivity index (χ2v) is 11.5. The maximum Gasteiger partial charge on any atom is 0.411 e. The van der Waals surface area contributed by atoms with Crippen LogP contribution >= 0.6 is 0 Å². The summed E-state index contributed by atoms with van der Waals surface area (Å²) in [6.07, 6.45) is 10.2. The molecule has 0 atom stereocenters. The van der Waals surface area contributed by atoms with E-state index in [9.17, 15) is 14.7 Å². The highest BCUT2D eigenvalue weighted by atomic mass is 16.6. The molecule has 0 saturated carbocycles. The molecule has 7 heteroatoms. The minimum absolute atomic E-state index is 0.0360. The number of phenols is 1. The maximum atomic E-state index is 12.6. The summed E-state index contributed by atoms with van der Waals surface area (Å²) >= 11 is 0. The summed E-state index contributed by atoms with van der Waals surface area (Å²) in [6, 6.07) is 24.8. The number of hydrogen-bond donors (Lipinski definition) is 3. The first-order valence-electron chi connectivity index (χ1n) is 15.9. The predicted octanol–water partition coefficient (Wildman–Crippen LogP) is 7.20. The van der Waals surface area contributed by atoms with E-state index in [1.165, 1.54) is 38.5 Å². The predicted molar refractivity (Wildman–Crippen MR) is 173 cm³/mol. The van der Waals surface area contributed by atoms with Crippen LogP contribution in [-0.2, 0) is 16.0 Å². The highest BCUT2D eigenvalue weighted by Crippen LogP contribution is 2.28. The molecular weight excluding hydrogens is 538 g/mol. The summed E-state index contributed by atoms with van der Waals surface area (Å²) in [7, 11) is 0. The van der Waals surface area contributed by atoms with Crippen LogP contribution in [0.5, 0.6) is 5.75 Å². The Morgan fingerprint density at radius 3 is 2.28 bits per heavy atom.